The summed E-state index contributed by atoms with van der Waals surface area (Å²) < 4.78 is 32.4. The number of hydrogen-bond donors (Lipinski definition) is 2. The van der Waals surface area contributed by atoms with E-state index < -0.39 is 17.7 Å². The van der Waals surface area contributed by atoms with E-state index in [1.807, 2.05) is 6.07 Å². The van der Waals surface area contributed by atoms with Crippen molar-refractivity contribution in [2.45, 2.75) is 25.5 Å². The molecular formula is C20H22F2N2O2. The van der Waals surface area contributed by atoms with Gasteiger partial charge in [-0.05, 0) is 31.0 Å². The fraction of sp³-hybridized carbons (Fsp3) is 0.350. The van der Waals surface area contributed by atoms with E-state index in [1.54, 1.807) is 24.3 Å². The van der Waals surface area contributed by atoms with E-state index in [1.165, 1.54) is 6.07 Å². The molecule has 3 unspecified atom stereocenters. The number of nitrogens with one attached hydrogen (secondary N) is 2. The Kier molecular flexibility index (Phi) is 5.83. The van der Waals surface area contributed by atoms with Gasteiger partial charge in [-0.25, -0.2) is 8.78 Å². The number of amides is 1. The van der Waals surface area contributed by atoms with Gasteiger partial charge in [0.1, 0.15) is 5.75 Å². The molecule has 2 aromatic rings. The topological polar surface area (TPSA) is 50.4 Å². The summed E-state index contributed by atoms with van der Waals surface area (Å²) in [6.45, 7) is 3.72. The van der Waals surface area contributed by atoms with Crippen LogP contribution in [-0.4, -0.2) is 25.0 Å². The molecule has 0 bridgehead atoms. The molecule has 1 amide bonds. The number of halogens is 2. The van der Waals surface area contributed by atoms with Gasteiger partial charge in [-0.15, -0.1) is 0 Å². The molecule has 0 aromatic heterocycles. The monoisotopic (exact) mass is 360 g/mol. The van der Waals surface area contributed by atoms with Crippen LogP contribution in [0.5, 0.6) is 5.75 Å². The molecular weight excluding hydrogens is 338 g/mol. The Morgan fingerprint density at radius 2 is 1.96 bits per heavy atom. The summed E-state index contributed by atoms with van der Waals surface area (Å²) in [5, 5.41) is 6.29. The first kappa shape index (κ1) is 18.3. The normalized spacial score (nSPS) is 21.0. The highest BCUT2D eigenvalue weighted by Crippen LogP contribution is 2.24. The molecule has 1 heterocycles. The Labute approximate surface area is 151 Å². The lowest BCUT2D eigenvalue weighted by Crippen LogP contribution is -2.51. The first-order valence-electron chi connectivity index (χ1n) is 8.72. The second-order valence-electron chi connectivity index (χ2n) is 6.57. The minimum absolute atomic E-state index is 0.00369. The van der Waals surface area contributed by atoms with Crippen molar-refractivity contribution in [2.75, 3.05) is 13.1 Å². The Morgan fingerprint density at radius 1 is 1.19 bits per heavy atom. The lowest BCUT2D eigenvalue weighted by molar-refractivity contribution is -0.129. The van der Waals surface area contributed by atoms with Crippen molar-refractivity contribution in [3.63, 3.8) is 0 Å². The highest BCUT2D eigenvalue weighted by Gasteiger charge is 2.28. The van der Waals surface area contributed by atoms with E-state index in [-0.39, 0.29) is 17.7 Å². The van der Waals surface area contributed by atoms with E-state index in [4.69, 9.17) is 4.74 Å². The van der Waals surface area contributed by atoms with Crippen molar-refractivity contribution < 1.29 is 18.3 Å². The van der Waals surface area contributed by atoms with Crippen molar-refractivity contribution in [3.8, 4) is 5.75 Å². The van der Waals surface area contributed by atoms with Crippen molar-refractivity contribution in [2.24, 2.45) is 5.92 Å². The van der Waals surface area contributed by atoms with Crippen LogP contribution in [0.2, 0.25) is 0 Å². The quantitative estimate of drug-likeness (QED) is 0.861. The third-order valence-corrected chi connectivity index (χ3v) is 4.64. The van der Waals surface area contributed by atoms with Crippen LogP contribution in [0.15, 0.2) is 48.5 Å². The second kappa shape index (κ2) is 8.27. The van der Waals surface area contributed by atoms with Crippen LogP contribution in [-0.2, 0) is 4.79 Å². The Morgan fingerprint density at radius 3 is 2.65 bits per heavy atom. The third-order valence-electron chi connectivity index (χ3n) is 4.64. The van der Waals surface area contributed by atoms with Gasteiger partial charge in [0.05, 0.1) is 0 Å². The number of hydrogen-bond acceptors (Lipinski definition) is 3. The standard InChI is InChI=1S/C20H22F2N2O2/c1-13-9-10-23-12-18(13)24-20(25)19(14-5-3-2-4-6-14)26-15-7-8-16(21)17(22)11-15/h2-8,11,13,18-19,23H,9-10,12H2,1H3,(H,24,25). The van der Waals surface area contributed by atoms with Gasteiger partial charge >= 0.3 is 0 Å². The average Bonchev–Trinajstić information content (AvgIpc) is 2.65. The molecule has 1 aliphatic heterocycles. The average molecular weight is 360 g/mol. The summed E-state index contributed by atoms with van der Waals surface area (Å²) in [6.07, 6.45) is 0.0283. The molecule has 4 nitrogen and oxygen atoms in total. The Hall–Kier alpha value is -2.47. The highest BCUT2D eigenvalue weighted by molar-refractivity contribution is 5.83. The van der Waals surface area contributed by atoms with Gasteiger partial charge in [0, 0.05) is 24.2 Å². The fourth-order valence-corrected chi connectivity index (χ4v) is 3.03. The van der Waals surface area contributed by atoms with Crippen LogP contribution >= 0.6 is 0 Å². The Balaban J connectivity index is 1.81. The molecule has 1 saturated heterocycles. The molecule has 3 rings (SSSR count). The van der Waals surface area contributed by atoms with E-state index in [0.717, 1.165) is 25.1 Å². The van der Waals surface area contributed by atoms with Crippen LogP contribution in [0.1, 0.15) is 25.0 Å². The van der Waals surface area contributed by atoms with E-state index in [2.05, 4.69) is 17.6 Å². The number of benzene rings is 2. The first-order valence-corrected chi connectivity index (χ1v) is 8.72. The van der Waals surface area contributed by atoms with Gasteiger partial charge < -0.3 is 15.4 Å². The van der Waals surface area contributed by atoms with Crippen molar-refractivity contribution in [3.05, 3.63) is 65.7 Å². The molecule has 0 aliphatic carbocycles. The second-order valence-corrected chi connectivity index (χ2v) is 6.57. The molecule has 0 saturated carbocycles. The van der Waals surface area contributed by atoms with Gasteiger partial charge in [-0.2, -0.15) is 0 Å². The SMILES string of the molecule is CC1CCNCC1NC(=O)C(Oc1ccc(F)c(F)c1)c1ccccc1. The predicted octanol–water partition coefficient (Wildman–Crippen LogP) is 3.20. The van der Waals surface area contributed by atoms with Gasteiger partial charge in [0.2, 0.25) is 6.10 Å². The van der Waals surface area contributed by atoms with Crippen LogP contribution in [0.3, 0.4) is 0 Å². The zero-order chi connectivity index (χ0) is 18.5. The molecule has 1 fully saturated rings. The molecule has 138 valence electrons. The maximum Gasteiger partial charge on any atom is 0.266 e. The molecule has 3 atom stereocenters. The number of carbonyl (C=O) groups excluding carboxylic acids is 1. The van der Waals surface area contributed by atoms with Gasteiger partial charge in [-0.1, -0.05) is 37.3 Å². The summed E-state index contributed by atoms with van der Waals surface area (Å²) in [4.78, 5) is 12.9. The molecule has 1 aliphatic rings. The summed E-state index contributed by atoms with van der Waals surface area (Å²) in [7, 11) is 0. The zero-order valence-corrected chi connectivity index (χ0v) is 14.5. The number of ether oxygens (including phenoxy) is 1. The van der Waals surface area contributed by atoms with Crippen LogP contribution in [0.4, 0.5) is 8.78 Å². The summed E-state index contributed by atoms with van der Waals surface area (Å²) in [5.41, 5.74) is 0.645. The molecule has 2 aromatic carbocycles. The van der Waals surface area contributed by atoms with E-state index in [0.29, 0.717) is 18.0 Å². The number of piperidine rings is 1. The van der Waals surface area contributed by atoms with Gasteiger partial charge in [0.25, 0.3) is 5.91 Å². The maximum atomic E-state index is 13.5. The van der Waals surface area contributed by atoms with E-state index >= 15 is 0 Å². The largest absolute Gasteiger partial charge is 0.476 e. The van der Waals surface area contributed by atoms with Crippen molar-refractivity contribution in [1.82, 2.24) is 10.6 Å². The van der Waals surface area contributed by atoms with Crippen LogP contribution < -0.4 is 15.4 Å². The smallest absolute Gasteiger partial charge is 0.266 e. The summed E-state index contributed by atoms with van der Waals surface area (Å²) in [6, 6.07) is 12.2. The van der Waals surface area contributed by atoms with Gasteiger partial charge in [0.15, 0.2) is 11.6 Å². The zero-order valence-electron chi connectivity index (χ0n) is 14.5. The fourth-order valence-electron chi connectivity index (χ4n) is 3.03. The number of rotatable bonds is 5. The molecule has 0 radical (unpaired) electrons. The molecule has 2 N–H and O–H groups in total. The minimum atomic E-state index is -1.01. The molecule has 26 heavy (non-hydrogen) atoms. The molecule has 6 heteroatoms. The van der Waals surface area contributed by atoms with E-state index in [9.17, 15) is 13.6 Å². The van der Waals surface area contributed by atoms with Crippen molar-refractivity contribution >= 4 is 5.91 Å². The lowest BCUT2D eigenvalue weighted by atomic mass is 9.94. The summed E-state index contributed by atoms with van der Waals surface area (Å²) >= 11 is 0. The predicted molar refractivity (Wildman–Crippen MR) is 94.8 cm³/mol. The highest BCUT2D eigenvalue weighted by atomic mass is 19.2. The maximum absolute atomic E-state index is 13.5. The lowest BCUT2D eigenvalue weighted by Gasteiger charge is -2.31. The summed E-state index contributed by atoms with van der Waals surface area (Å²) in [5.74, 6) is -1.83. The molecule has 0 spiro atoms. The first-order chi connectivity index (χ1) is 12.5. The minimum Gasteiger partial charge on any atom is -0.476 e. The number of carbonyl (C=O) groups is 1. The third kappa shape index (κ3) is 4.38. The van der Waals surface area contributed by atoms with Crippen LogP contribution in [0.25, 0.3) is 0 Å². The van der Waals surface area contributed by atoms with Crippen molar-refractivity contribution in [1.29, 1.82) is 0 Å². The van der Waals surface area contributed by atoms with Gasteiger partial charge in [-0.3, -0.25) is 4.79 Å². The van der Waals surface area contributed by atoms with Crippen LogP contribution in [0, 0.1) is 17.6 Å². The Bertz CT molecular complexity index is 755.